The average Bonchev–Trinajstić information content (AvgIpc) is 2.15. The summed E-state index contributed by atoms with van der Waals surface area (Å²) in [6, 6.07) is 0. The maximum Gasteiger partial charge on any atom is 0.403 e. The molecule has 1 aliphatic heterocycles. The second kappa shape index (κ2) is 5.22. The first-order chi connectivity index (χ1) is 7.75. The molecule has 1 rings (SSSR count). The molecule has 7 heteroatoms. The second-order valence-electron chi connectivity index (χ2n) is 4.49. The van der Waals surface area contributed by atoms with Crippen molar-refractivity contribution in [2.24, 2.45) is 5.92 Å². The molecular weight excluding hydrogens is 239 g/mol. The fraction of sp³-hybridized carbons (Fsp3) is 0.900. The van der Waals surface area contributed by atoms with Crippen LogP contribution in [0.4, 0.5) is 13.2 Å². The Morgan fingerprint density at radius 2 is 2.00 bits per heavy atom. The van der Waals surface area contributed by atoms with Crippen molar-refractivity contribution in [2.45, 2.75) is 31.5 Å². The van der Waals surface area contributed by atoms with Crippen LogP contribution in [0.3, 0.4) is 0 Å². The molecule has 2 N–H and O–H groups in total. The number of carbonyl (C=O) groups is 1. The highest BCUT2D eigenvalue weighted by Gasteiger charge is 2.45. The van der Waals surface area contributed by atoms with Gasteiger partial charge in [-0.3, -0.25) is 4.79 Å². The molecule has 0 spiro atoms. The van der Waals surface area contributed by atoms with E-state index in [-0.39, 0.29) is 0 Å². The fourth-order valence-electron chi connectivity index (χ4n) is 1.69. The summed E-state index contributed by atoms with van der Waals surface area (Å²) in [5, 5.41) is 11.2. The van der Waals surface area contributed by atoms with Crippen LogP contribution in [0.5, 0.6) is 0 Å². The Morgan fingerprint density at radius 3 is 2.41 bits per heavy atom. The van der Waals surface area contributed by atoms with E-state index in [1.54, 1.807) is 6.92 Å². The normalized spacial score (nSPS) is 22.1. The van der Waals surface area contributed by atoms with Gasteiger partial charge in [0.05, 0.1) is 0 Å². The first kappa shape index (κ1) is 14.2. The Labute approximate surface area is 97.1 Å². The Hall–Kier alpha value is -0.820. The number of alkyl halides is 3. The second-order valence-corrected chi connectivity index (χ2v) is 4.49. The molecule has 0 aliphatic carbocycles. The summed E-state index contributed by atoms with van der Waals surface area (Å²) in [7, 11) is 0. The van der Waals surface area contributed by atoms with Crippen molar-refractivity contribution < 1.29 is 27.8 Å². The summed E-state index contributed by atoms with van der Waals surface area (Å²) < 4.78 is 42.3. The van der Waals surface area contributed by atoms with E-state index in [1.165, 1.54) is 0 Å². The number of carboxylic acids is 1. The van der Waals surface area contributed by atoms with Gasteiger partial charge >= 0.3 is 12.1 Å². The van der Waals surface area contributed by atoms with Crippen LogP contribution in [0.2, 0.25) is 0 Å². The van der Waals surface area contributed by atoms with E-state index in [0.717, 1.165) is 0 Å². The van der Waals surface area contributed by atoms with Crippen molar-refractivity contribution in [3.05, 3.63) is 0 Å². The SMILES string of the molecule is CC1(NCC(C(=O)O)C(F)(F)F)CCOCC1. The van der Waals surface area contributed by atoms with Crippen LogP contribution in [0.1, 0.15) is 19.8 Å². The standard InChI is InChI=1S/C10H16F3NO3/c1-9(2-4-17-5-3-9)14-6-7(8(15)16)10(11,12)13/h7,14H,2-6H2,1H3,(H,15,16). The molecule has 0 amide bonds. The van der Waals surface area contributed by atoms with Gasteiger partial charge in [0.2, 0.25) is 0 Å². The van der Waals surface area contributed by atoms with Crippen LogP contribution >= 0.6 is 0 Å². The molecule has 1 fully saturated rings. The van der Waals surface area contributed by atoms with E-state index in [4.69, 9.17) is 9.84 Å². The van der Waals surface area contributed by atoms with Gasteiger partial charge in [0.1, 0.15) is 0 Å². The maximum absolute atomic E-state index is 12.4. The van der Waals surface area contributed by atoms with Crippen LogP contribution in [0.25, 0.3) is 0 Å². The number of nitrogens with one attached hydrogen (secondary N) is 1. The van der Waals surface area contributed by atoms with Gasteiger partial charge in [-0.1, -0.05) is 0 Å². The lowest BCUT2D eigenvalue weighted by Gasteiger charge is -2.35. The lowest BCUT2D eigenvalue weighted by Crippen LogP contribution is -2.51. The Balaban J connectivity index is 2.54. The molecule has 0 aromatic carbocycles. The van der Waals surface area contributed by atoms with Crippen LogP contribution < -0.4 is 5.32 Å². The summed E-state index contributed by atoms with van der Waals surface area (Å²) in [5.41, 5.74) is -0.475. The van der Waals surface area contributed by atoms with Crippen molar-refractivity contribution in [1.82, 2.24) is 5.32 Å². The highest BCUT2D eigenvalue weighted by molar-refractivity contribution is 5.71. The third kappa shape index (κ3) is 4.16. The molecule has 0 saturated carbocycles. The van der Waals surface area contributed by atoms with Crippen molar-refractivity contribution in [3.8, 4) is 0 Å². The summed E-state index contributed by atoms with van der Waals surface area (Å²) in [6.07, 6.45) is -3.56. The average molecular weight is 255 g/mol. The molecule has 100 valence electrons. The summed E-state index contributed by atoms with van der Waals surface area (Å²) in [5.74, 6) is -4.21. The smallest absolute Gasteiger partial charge is 0.403 e. The van der Waals surface area contributed by atoms with Crippen molar-refractivity contribution in [3.63, 3.8) is 0 Å². The minimum absolute atomic E-state index is 0.475. The van der Waals surface area contributed by atoms with Crippen LogP contribution in [-0.4, -0.2) is 42.5 Å². The van der Waals surface area contributed by atoms with Crippen LogP contribution in [0.15, 0.2) is 0 Å². The topological polar surface area (TPSA) is 58.6 Å². The highest BCUT2D eigenvalue weighted by atomic mass is 19.4. The summed E-state index contributed by atoms with van der Waals surface area (Å²) in [6.45, 7) is 2.14. The molecule has 0 bridgehead atoms. The lowest BCUT2D eigenvalue weighted by molar-refractivity contribution is -0.193. The molecule has 0 aromatic rings. The molecule has 1 atom stereocenters. The van der Waals surface area contributed by atoms with E-state index in [1.807, 2.05) is 0 Å². The third-order valence-corrected chi connectivity index (χ3v) is 3.02. The van der Waals surface area contributed by atoms with Gasteiger partial charge in [0, 0.05) is 25.3 Å². The van der Waals surface area contributed by atoms with Crippen LogP contribution in [-0.2, 0) is 9.53 Å². The summed E-state index contributed by atoms with van der Waals surface area (Å²) >= 11 is 0. The van der Waals surface area contributed by atoms with E-state index >= 15 is 0 Å². The van der Waals surface area contributed by atoms with Gasteiger partial charge in [-0.25, -0.2) is 0 Å². The van der Waals surface area contributed by atoms with Gasteiger partial charge in [-0.2, -0.15) is 13.2 Å². The first-order valence-corrected chi connectivity index (χ1v) is 5.37. The molecular formula is C10H16F3NO3. The molecule has 1 aliphatic rings. The number of rotatable bonds is 4. The van der Waals surface area contributed by atoms with Gasteiger partial charge in [0.25, 0.3) is 0 Å². The Kier molecular flexibility index (Phi) is 4.37. The molecule has 1 saturated heterocycles. The van der Waals surface area contributed by atoms with E-state index in [0.29, 0.717) is 26.1 Å². The van der Waals surface area contributed by atoms with Gasteiger partial charge in [-0.15, -0.1) is 0 Å². The largest absolute Gasteiger partial charge is 0.481 e. The van der Waals surface area contributed by atoms with Crippen molar-refractivity contribution >= 4 is 5.97 Å². The van der Waals surface area contributed by atoms with E-state index in [9.17, 15) is 18.0 Å². The van der Waals surface area contributed by atoms with Gasteiger partial charge in [0.15, 0.2) is 5.92 Å². The zero-order valence-corrected chi connectivity index (χ0v) is 9.51. The first-order valence-electron chi connectivity index (χ1n) is 5.37. The van der Waals surface area contributed by atoms with Gasteiger partial charge in [-0.05, 0) is 19.8 Å². The number of hydrogen-bond acceptors (Lipinski definition) is 3. The number of hydrogen-bond donors (Lipinski definition) is 2. The summed E-state index contributed by atoms with van der Waals surface area (Å²) in [4.78, 5) is 10.5. The number of aliphatic carboxylic acids is 1. The molecule has 0 aromatic heterocycles. The number of halogens is 3. The predicted octanol–water partition coefficient (Wildman–Crippen LogP) is 1.41. The monoisotopic (exact) mass is 255 g/mol. The number of ether oxygens (including phenoxy) is 1. The lowest BCUT2D eigenvalue weighted by atomic mass is 9.91. The zero-order valence-electron chi connectivity index (χ0n) is 9.51. The maximum atomic E-state index is 12.4. The van der Waals surface area contributed by atoms with E-state index < -0.39 is 30.1 Å². The molecule has 1 heterocycles. The molecule has 1 unspecified atom stereocenters. The van der Waals surface area contributed by atoms with Crippen LogP contribution in [0, 0.1) is 5.92 Å². The van der Waals surface area contributed by atoms with Gasteiger partial charge < -0.3 is 15.2 Å². The van der Waals surface area contributed by atoms with Crippen molar-refractivity contribution in [2.75, 3.05) is 19.8 Å². The zero-order chi connectivity index (χ0) is 13.1. The molecule has 4 nitrogen and oxygen atoms in total. The highest BCUT2D eigenvalue weighted by Crippen LogP contribution is 2.27. The quantitative estimate of drug-likeness (QED) is 0.797. The van der Waals surface area contributed by atoms with Crippen molar-refractivity contribution in [1.29, 1.82) is 0 Å². The number of carboxylic acid groups (broad SMARTS) is 1. The Morgan fingerprint density at radius 1 is 1.47 bits per heavy atom. The minimum Gasteiger partial charge on any atom is -0.481 e. The minimum atomic E-state index is -4.72. The Bertz CT molecular complexity index is 274. The third-order valence-electron chi connectivity index (χ3n) is 3.02. The fourth-order valence-corrected chi connectivity index (χ4v) is 1.69. The molecule has 0 radical (unpaired) electrons. The van der Waals surface area contributed by atoms with E-state index in [2.05, 4.69) is 5.32 Å². The predicted molar refractivity (Wildman–Crippen MR) is 53.6 cm³/mol. The molecule has 17 heavy (non-hydrogen) atoms.